The molecule has 0 saturated heterocycles. The molecule has 0 saturated carbocycles. The van der Waals surface area contributed by atoms with Gasteiger partial charge in [0.05, 0.1) is 0 Å². The van der Waals surface area contributed by atoms with Crippen LogP contribution in [0, 0.1) is 0 Å². The van der Waals surface area contributed by atoms with Crippen molar-refractivity contribution in [3.8, 4) is 0 Å². The van der Waals surface area contributed by atoms with Crippen molar-refractivity contribution in [2.24, 2.45) is 0 Å². The lowest BCUT2D eigenvalue weighted by atomic mass is 10.1. The van der Waals surface area contributed by atoms with Gasteiger partial charge in [0.15, 0.2) is 6.10 Å². The summed E-state index contributed by atoms with van der Waals surface area (Å²) in [5.74, 6) is -1.06. The molecule has 6 heteroatoms. The SMILES string of the molecule is CC\C=C/C=C\C=C/C=C\C=C\C=C/CCCCCC(=O)OC(COC(=O)CCC/C=C\C/C=C\C/C=C\CC)COC(=O)CCCCCCC\C=C/C=C\C=C/CCCCCCC. The fourth-order valence-corrected chi connectivity index (χ4v) is 6.08. The van der Waals surface area contributed by atoms with E-state index in [1.54, 1.807) is 0 Å². The van der Waals surface area contributed by atoms with Gasteiger partial charge in [0.2, 0.25) is 0 Å². The van der Waals surface area contributed by atoms with Crippen LogP contribution in [0.15, 0.2) is 146 Å². The molecule has 0 fully saturated rings. The van der Waals surface area contributed by atoms with E-state index in [9.17, 15) is 14.4 Å². The minimum Gasteiger partial charge on any atom is -0.462 e. The van der Waals surface area contributed by atoms with Crippen LogP contribution in [0.1, 0.15) is 181 Å². The molecule has 1 atom stereocenters. The lowest BCUT2D eigenvalue weighted by Gasteiger charge is -2.18. The molecule has 0 spiro atoms. The highest BCUT2D eigenvalue weighted by molar-refractivity contribution is 5.71. The second-order valence-electron chi connectivity index (χ2n) is 15.8. The summed E-state index contributed by atoms with van der Waals surface area (Å²) in [5.41, 5.74) is 0. The van der Waals surface area contributed by atoms with Gasteiger partial charge in [-0.15, -0.1) is 0 Å². The van der Waals surface area contributed by atoms with Gasteiger partial charge in [0.25, 0.3) is 0 Å². The Morgan fingerprint density at radius 3 is 1.20 bits per heavy atom. The number of ether oxygens (including phenoxy) is 3. The number of carbonyl (C=O) groups excluding carboxylic acids is 3. The van der Waals surface area contributed by atoms with E-state index in [1.165, 1.54) is 32.1 Å². The summed E-state index contributed by atoms with van der Waals surface area (Å²) >= 11 is 0. The molecular formula is C58H88O6. The average molecular weight is 881 g/mol. The number of unbranched alkanes of at least 4 members (excludes halogenated alkanes) is 14. The molecule has 356 valence electrons. The van der Waals surface area contributed by atoms with Crippen LogP contribution in [0.25, 0.3) is 0 Å². The number of hydrogen-bond donors (Lipinski definition) is 0. The molecule has 64 heavy (non-hydrogen) atoms. The molecule has 0 rings (SSSR count). The highest BCUT2D eigenvalue weighted by atomic mass is 16.6. The van der Waals surface area contributed by atoms with Gasteiger partial charge in [-0.05, 0) is 89.9 Å². The van der Waals surface area contributed by atoms with Crippen LogP contribution in [-0.4, -0.2) is 37.2 Å². The summed E-state index contributed by atoms with van der Waals surface area (Å²) in [6.07, 6.45) is 72.6. The second-order valence-corrected chi connectivity index (χ2v) is 15.8. The number of rotatable bonds is 42. The van der Waals surface area contributed by atoms with E-state index in [0.717, 1.165) is 96.3 Å². The Bertz CT molecular complexity index is 1480. The molecule has 0 aliphatic rings. The molecule has 0 aromatic carbocycles. The van der Waals surface area contributed by atoms with Crippen molar-refractivity contribution in [2.45, 2.75) is 187 Å². The molecule has 0 bridgehead atoms. The van der Waals surface area contributed by atoms with Crippen molar-refractivity contribution in [3.63, 3.8) is 0 Å². The maximum atomic E-state index is 12.8. The maximum absolute atomic E-state index is 12.8. The Kier molecular flexibility index (Phi) is 47.2. The molecule has 6 nitrogen and oxygen atoms in total. The Labute approximate surface area is 391 Å². The van der Waals surface area contributed by atoms with E-state index in [0.29, 0.717) is 19.3 Å². The van der Waals surface area contributed by atoms with Crippen LogP contribution in [0.5, 0.6) is 0 Å². The number of hydrogen-bond acceptors (Lipinski definition) is 6. The molecule has 0 aliphatic carbocycles. The first kappa shape index (κ1) is 59.3. The van der Waals surface area contributed by atoms with Crippen LogP contribution in [0.4, 0.5) is 0 Å². The van der Waals surface area contributed by atoms with Crippen molar-refractivity contribution in [3.05, 3.63) is 146 Å². The lowest BCUT2D eigenvalue weighted by molar-refractivity contribution is -0.167. The maximum Gasteiger partial charge on any atom is 0.306 e. The van der Waals surface area contributed by atoms with E-state index in [4.69, 9.17) is 14.2 Å². The van der Waals surface area contributed by atoms with Gasteiger partial charge in [0.1, 0.15) is 13.2 Å². The standard InChI is InChI=1S/C58H88O6/c1-4-7-10-13-16-19-22-24-26-28-30-31-33-36-39-42-45-48-51-57(60)63-54-55(53-62-56(59)50-47-44-41-38-35-21-18-15-12-9-6-3)64-58(61)52-49-46-43-40-37-34-32-29-27-25-23-20-17-14-11-8-5-2/h8-9,11-12,14,17-18,20-32,34,37-38,41,55H,4-7,10,13,15-16,19,33,35-36,39-40,42-54H2,1-3H3/b11-8-,12-9-,17-14-,21-18-,23-20-,24-22-,27-25-,28-26-,31-30-,32-29+,37-34-,41-38-. The molecule has 0 aliphatic heterocycles. The van der Waals surface area contributed by atoms with Gasteiger partial charge < -0.3 is 14.2 Å². The number of carbonyl (C=O) groups is 3. The predicted molar refractivity (Wildman–Crippen MR) is 274 cm³/mol. The van der Waals surface area contributed by atoms with Gasteiger partial charge in [-0.25, -0.2) is 0 Å². The monoisotopic (exact) mass is 881 g/mol. The molecule has 0 aromatic rings. The lowest BCUT2D eigenvalue weighted by Crippen LogP contribution is -2.30. The largest absolute Gasteiger partial charge is 0.462 e. The zero-order valence-corrected chi connectivity index (χ0v) is 40.5. The summed E-state index contributed by atoms with van der Waals surface area (Å²) in [5, 5.41) is 0. The second kappa shape index (κ2) is 50.9. The first-order chi connectivity index (χ1) is 31.5. The summed E-state index contributed by atoms with van der Waals surface area (Å²) in [7, 11) is 0. The van der Waals surface area contributed by atoms with E-state index in [2.05, 4.69) is 106 Å². The molecule has 0 heterocycles. The Morgan fingerprint density at radius 1 is 0.344 bits per heavy atom. The highest BCUT2D eigenvalue weighted by Gasteiger charge is 2.19. The van der Waals surface area contributed by atoms with Crippen LogP contribution in [0.2, 0.25) is 0 Å². The average Bonchev–Trinajstić information content (AvgIpc) is 3.29. The first-order valence-corrected chi connectivity index (χ1v) is 25.0. The van der Waals surface area contributed by atoms with Crippen LogP contribution < -0.4 is 0 Å². The summed E-state index contributed by atoms with van der Waals surface area (Å²) in [6.45, 7) is 6.22. The zero-order valence-electron chi connectivity index (χ0n) is 40.5. The first-order valence-electron chi connectivity index (χ1n) is 25.0. The Balaban J connectivity index is 4.59. The predicted octanol–water partition coefficient (Wildman–Crippen LogP) is 16.5. The molecule has 0 aromatic heterocycles. The highest BCUT2D eigenvalue weighted by Crippen LogP contribution is 2.11. The molecule has 0 amide bonds. The Morgan fingerprint density at radius 2 is 0.703 bits per heavy atom. The topological polar surface area (TPSA) is 78.9 Å². The van der Waals surface area contributed by atoms with Gasteiger partial charge in [-0.1, -0.05) is 218 Å². The van der Waals surface area contributed by atoms with Crippen LogP contribution in [0.3, 0.4) is 0 Å². The zero-order chi connectivity index (χ0) is 46.5. The van der Waals surface area contributed by atoms with E-state index >= 15 is 0 Å². The number of allylic oxidation sites excluding steroid dienone is 24. The summed E-state index contributed by atoms with van der Waals surface area (Å²) in [6, 6.07) is 0. The smallest absolute Gasteiger partial charge is 0.306 e. The normalized spacial score (nSPS) is 13.4. The number of esters is 3. The fraction of sp³-hybridized carbons (Fsp3) is 0.534. The van der Waals surface area contributed by atoms with Crippen molar-refractivity contribution in [2.75, 3.05) is 13.2 Å². The van der Waals surface area contributed by atoms with Crippen molar-refractivity contribution in [1.82, 2.24) is 0 Å². The van der Waals surface area contributed by atoms with Gasteiger partial charge in [-0.3, -0.25) is 14.4 Å². The third-order valence-electron chi connectivity index (χ3n) is 9.78. The van der Waals surface area contributed by atoms with Gasteiger partial charge >= 0.3 is 17.9 Å². The Hall–Kier alpha value is -4.71. The fourth-order valence-electron chi connectivity index (χ4n) is 6.08. The third-order valence-corrected chi connectivity index (χ3v) is 9.78. The molecular weight excluding hydrogens is 793 g/mol. The molecule has 1 unspecified atom stereocenters. The van der Waals surface area contributed by atoms with Crippen molar-refractivity contribution >= 4 is 17.9 Å². The summed E-state index contributed by atoms with van der Waals surface area (Å²) < 4.78 is 16.7. The van der Waals surface area contributed by atoms with Gasteiger partial charge in [0, 0.05) is 19.3 Å². The van der Waals surface area contributed by atoms with Crippen molar-refractivity contribution in [1.29, 1.82) is 0 Å². The van der Waals surface area contributed by atoms with E-state index in [-0.39, 0.29) is 44.0 Å². The quantitative estimate of drug-likeness (QED) is 0.0200. The van der Waals surface area contributed by atoms with Gasteiger partial charge in [-0.2, -0.15) is 0 Å². The van der Waals surface area contributed by atoms with Crippen LogP contribution in [-0.2, 0) is 28.6 Å². The minimum atomic E-state index is -0.836. The van der Waals surface area contributed by atoms with Crippen LogP contribution >= 0.6 is 0 Å². The minimum absolute atomic E-state index is 0.130. The van der Waals surface area contributed by atoms with Crippen molar-refractivity contribution < 1.29 is 28.6 Å². The van der Waals surface area contributed by atoms with E-state index in [1.807, 2.05) is 60.8 Å². The van der Waals surface area contributed by atoms with E-state index < -0.39 is 6.10 Å². The molecule has 0 N–H and O–H groups in total. The summed E-state index contributed by atoms with van der Waals surface area (Å²) in [4.78, 5) is 37.9. The third kappa shape index (κ3) is 48.3. The molecule has 0 radical (unpaired) electrons.